The van der Waals surface area contributed by atoms with Crippen molar-refractivity contribution < 1.29 is 14.3 Å². The summed E-state index contributed by atoms with van der Waals surface area (Å²) in [6, 6.07) is 3.93. The Kier molecular flexibility index (Phi) is 2.90. The van der Waals surface area contributed by atoms with Gasteiger partial charge in [-0.1, -0.05) is 6.07 Å². The van der Waals surface area contributed by atoms with Gasteiger partial charge < -0.3 is 9.52 Å². The number of piperidine rings is 1. The van der Waals surface area contributed by atoms with E-state index in [1.165, 1.54) is 0 Å². The average Bonchev–Trinajstić information content (AvgIpc) is 2.84. The van der Waals surface area contributed by atoms with Gasteiger partial charge in [0.2, 0.25) is 5.89 Å². The predicted molar refractivity (Wildman–Crippen MR) is 77.9 cm³/mol. The van der Waals surface area contributed by atoms with E-state index >= 15 is 0 Å². The molecular weight excluding hydrogens is 288 g/mol. The molecule has 0 amide bonds. The highest BCUT2D eigenvalue weighted by Crippen LogP contribution is 2.54. The number of hydrogen-bond acceptors (Lipinski definition) is 5. The molecule has 110 valence electrons. The van der Waals surface area contributed by atoms with Crippen molar-refractivity contribution in [3.05, 3.63) is 29.5 Å². The van der Waals surface area contributed by atoms with Crippen LogP contribution in [0.1, 0.15) is 25.0 Å². The quantitative estimate of drug-likeness (QED) is 0.941. The van der Waals surface area contributed by atoms with Gasteiger partial charge in [-0.3, -0.25) is 9.69 Å². The standard InChI is InChI=1S/C15H16N2O3S/c18-14(19)15-7-10(15)3-1-5-17(15)8-11-9-20-13(16-11)12-4-2-6-21-12/h2,4,6,9-10H,1,3,5,7-8H2,(H,18,19)/t10-,15+/m1/s1. The van der Waals surface area contributed by atoms with Crippen molar-refractivity contribution in [2.24, 2.45) is 5.92 Å². The molecule has 0 unspecified atom stereocenters. The van der Waals surface area contributed by atoms with Crippen molar-refractivity contribution in [3.63, 3.8) is 0 Å². The fourth-order valence-corrected chi connectivity index (χ4v) is 4.13. The van der Waals surface area contributed by atoms with Crippen LogP contribution in [-0.4, -0.2) is 33.0 Å². The molecule has 2 aromatic heterocycles. The largest absolute Gasteiger partial charge is 0.480 e. The van der Waals surface area contributed by atoms with E-state index in [0.29, 0.717) is 18.4 Å². The van der Waals surface area contributed by atoms with Crippen molar-refractivity contribution in [2.75, 3.05) is 6.54 Å². The third-order valence-corrected chi connectivity index (χ3v) is 5.48. The summed E-state index contributed by atoms with van der Waals surface area (Å²) < 4.78 is 5.52. The summed E-state index contributed by atoms with van der Waals surface area (Å²) in [5.41, 5.74) is 0.173. The summed E-state index contributed by atoms with van der Waals surface area (Å²) in [7, 11) is 0. The van der Waals surface area contributed by atoms with E-state index in [9.17, 15) is 9.90 Å². The first-order valence-electron chi connectivity index (χ1n) is 7.17. The Bertz CT molecular complexity index is 666. The molecule has 2 aliphatic rings. The van der Waals surface area contributed by atoms with Crippen molar-refractivity contribution in [1.82, 2.24) is 9.88 Å². The second-order valence-electron chi connectivity index (χ2n) is 5.82. The zero-order valence-electron chi connectivity index (χ0n) is 11.5. The fraction of sp³-hybridized carbons (Fsp3) is 0.467. The first-order valence-corrected chi connectivity index (χ1v) is 8.05. The number of aliphatic carboxylic acids is 1. The first kappa shape index (κ1) is 13.0. The van der Waals surface area contributed by atoms with E-state index in [0.717, 1.165) is 36.4 Å². The Morgan fingerprint density at radius 2 is 2.52 bits per heavy atom. The van der Waals surface area contributed by atoms with Gasteiger partial charge in [0.1, 0.15) is 11.8 Å². The van der Waals surface area contributed by atoms with E-state index < -0.39 is 11.5 Å². The molecule has 2 atom stereocenters. The Morgan fingerprint density at radius 1 is 1.62 bits per heavy atom. The molecule has 2 fully saturated rings. The van der Waals surface area contributed by atoms with Crippen LogP contribution < -0.4 is 0 Å². The number of carboxylic acids is 1. The highest BCUT2D eigenvalue weighted by molar-refractivity contribution is 7.13. The number of thiophene rings is 1. The third-order valence-electron chi connectivity index (χ3n) is 4.62. The first-order chi connectivity index (χ1) is 10.2. The summed E-state index contributed by atoms with van der Waals surface area (Å²) in [6.07, 6.45) is 4.52. The van der Waals surface area contributed by atoms with Crippen LogP contribution in [0.2, 0.25) is 0 Å². The van der Waals surface area contributed by atoms with E-state index in [1.54, 1.807) is 17.6 Å². The average molecular weight is 304 g/mol. The molecule has 1 aliphatic carbocycles. The molecule has 6 heteroatoms. The van der Waals surface area contributed by atoms with E-state index in [-0.39, 0.29) is 0 Å². The van der Waals surface area contributed by atoms with Gasteiger partial charge in [-0.25, -0.2) is 4.98 Å². The minimum Gasteiger partial charge on any atom is -0.480 e. The lowest BCUT2D eigenvalue weighted by Gasteiger charge is -2.32. The van der Waals surface area contributed by atoms with Gasteiger partial charge in [-0.2, -0.15) is 0 Å². The molecule has 3 heterocycles. The van der Waals surface area contributed by atoms with Crippen molar-refractivity contribution in [2.45, 2.75) is 31.3 Å². The monoisotopic (exact) mass is 304 g/mol. The third kappa shape index (κ3) is 2.01. The summed E-state index contributed by atoms with van der Waals surface area (Å²) in [4.78, 5) is 19.2. The van der Waals surface area contributed by atoms with Gasteiger partial charge >= 0.3 is 5.97 Å². The number of rotatable bonds is 4. The molecule has 4 rings (SSSR count). The normalized spacial score (nSPS) is 28.3. The van der Waals surface area contributed by atoms with Gasteiger partial charge in [0.15, 0.2) is 0 Å². The van der Waals surface area contributed by atoms with Gasteiger partial charge in [0, 0.05) is 6.54 Å². The van der Waals surface area contributed by atoms with Crippen LogP contribution in [0.25, 0.3) is 10.8 Å². The molecule has 0 spiro atoms. The summed E-state index contributed by atoms with van der Waals surface area (Å²) >= 11 is 1.58. The maximum Gasteiger partial charge on any atom is 0.324 e. The van der Waals surface area contributed by atoms with Crippen LogP contribution in [0.4, 0.5) is 0 Å². The second kappa shape index (κ2) is 4.68. The van der Waals surface area contributed by atoms with Crippen molar-refractivity contribution >= 4 is 17.3 Å². The molecule has 1 N–H and O–H groups in total. The maximum atomic E-state index is 11.6. The molecule has 1 saturated carbocycles. The summed E-state index contributed by atoms with van der Waals surface area (Å²) in [5.74, 6) is 0.246. The SMILES string of the molecule is O=C(O)[C@]12C[C@H]1CCCN2Cc1coc(-c2cccs2)n1. The number of nitrogens with zero attached hydrogens (tertiary/aromatic N) is 2. The molecule has 0 bridgehead atoms. The Hall–Kier alpha value is -1.66. The highest BCUT2D eigenvalue weighted by atomic mass is 32.1. The number of oxazole rings is 1. The lowest BCUT2D eigenvalue weighted by Crippen LogP contribution is -2.47. The fourth-order valence-electron chi connectivity index (χ4n) is 3.48. The zero-order valence-corrected chi connectivity index (χ0v) is 12.3. The van der Waals surface area contributed by atoms with Crippen LogP contribution >= 0.6 is 11.3 Å². The van der Waals surface area contributed by atoms with E-state index in [4.69, 9.17) is 4.42 Å². The number of aromatic nitrogens is 1. The molecular formula is C15H16N2O3S. The lowest BCUT2D eigenvalue weighted by atomic mass is 10.0. The molecule has 0 radical (unpaired) electrons. The summed E-state index contributed by atoms with van der Waals surface area (Å²) in [6.45, 7) is 1.38. The minimum atomic E-state index is -0.686. The number of likely N-dealkylation sites (tertiary alicyclic amines) is 1. The van der Waals surface area contributed by atoms with Gasteiger partial charge in [0.05, 0.1) is 10.6 Å². The second-order valence-corrected chi connectivity index (χ2v) is 6.76. The van der Waals surface area contributed by atoms with Crippen LogP contribution in [0, 0.1) is 5.92 Å². The Morgan fingerprint density at radius 3 is 3.29 bits per heavy atom. The van der Waals surface area contributed by atoms with Crippen LogP contribution in [0.15, 0.2) is 28.2 Å². The van der Waals surface area contributed by atoms with Crippen molar-refractivity contribution in [1.29, 1.82) is 0 Å². The minimum absolute atomic E-state index is 0.312. The predicted octanol–water partition coefficient (Wildman–Crippen LogP) is 2.84. The van der Waals surface area contributed by atoms with Crippen LogP contribution in [-0.2, 0) is 11.3 Å². The number of carbonyl (C=O) groups is 1. The Labute approximate surface area is 126 Å². The summed E-state index contributed by atoms with van der Waals surface area (Å²) in [5, 5.41) is 11.5. The molecule has 21 heavy (non-hydrogen) atoms. The number of hydrogen-bond donors (Lipinski definition) is 1. The molecule has 1 saturated heterocycles. The number of carboxylic acid groups (broad SMARTS) is 1. The van der Waals surface area contributed by atoms with Crippen molar-refractivity contribution in [3.8, 4) is 10.8 Å². The zero-order chi connectivity index (χ0) is 14.4. The van der Waals surface area contributed by atoms with Gasteiger partial charge in [-0.05, 0) is 43.2 Å². The molecule has 2 aromatic rings. The topological polar surface area (TPSA) is 66.6 Å². The van der Waals surface area contributed by atoms with E-state index in [2.05, 4.69) is 9.88 Å². The lowest BCUT2D eigenvalue weighted by molar-refractivity contribution is -0.147. The highest BCUT2D eigenvalue weighted by Gasteiger charge is 2.65. The van der Waals surface area contributed by atoms with Crippen LogP contribution in [0.3, 0.4) is 0 Å². The van der Waals surface area contributed by atoms with Gasteiger partial charge in [-0.15, -0.1) is 11.3 Å². The molecule has 1 aliphatic heterocycles. The van der Waals surface area contributed by atoms with Crippen LogP contribution in [0.5, 0.6) is 0 Å². The Balaban J connectivity index is 1.54. The smallest absolute Gasteiger partial charge is 0.324 e. The van der Waals surface area contributed by atoms with E-state index in [1.807, 2.05) is 17.5 Å². The maximum absolute atomic E-state index is 11.6. The van der Waals surface area contributed by atoms with Gasteiger partial charge in [0.25, 0.3) is 0 Å². The molecule has 5 nitrogen and oxygen atoms in total. The number of fused-ring (bicyclic) bond motifs is 1. The molecule has 0 aromatic carbocycles.